The summed E-state index contributed by atoms with van der Waals surface area (Å²) in [5.41, 5.74) is 10.5. The first kappa shape index (κ1) is 18.3. The van der Waals surface area contributed by atoms with E-state index in [2.05, 4.69) is 20.6 Å². The van der Waals surface area contributed by atoms with Crippen LogP contribution in [0.5, 0.6) is 0 Å². The molecule has 0 bridgehead atoms. The minimum Gasteiger partial charge on any atom is -0.392 e. The van der Waals surface area contributed by atoms with Crippen LogP contribution < -0.4 is 22.1 Å². The van der Waals surface area contributed by atoms with Crippen molar-refractivity contribution in [3.63, 3.8) is 0 Å². The second-order valence-corrected chi connectivity index (χ2v) is 6.46. The predicted molar refractivity (Wildman–Crippen MR) is 90.7 cm³/mol. The van der Waals surface area contributed by atoms with Gasteiger partial charge in [-0.15, -0.1) is 11.3 Å². The van der Waals surface area contributed by atoms with E-state index in [1.807, 2.05) is 0 Å². The van der Waals surface area contributed by atoms with Crippen LogP contribution in [-0.2, 0) is 4.79 Å². The maximum Gasteiger partial charge on any atom is 0.237 e. The van der Waals surface area contributed by atoms with Crippen LogP contribution >= 0.6 is 11.3 Å². The average molecular weight is 354 g/mol. The fraction of sp³-hybridized carbons (Fsp3) is 0.571. The van der Waals surface area contributed by atoms with Crippen LogP contribution in [0.3, 0.4) is 0 Å². The van der Waals surface area contributed by atoms with Gasteiger partial charge in [-0.1, -0.05) is 0 Å². The molecule has 0 aliphatic carbocycles. The molecular weight excluding hydrogens is 332 g/mol. The number of hydrogen-bond acceptors (Lipinski definition) is 7. The summed E-state index contributed by atoms with van der Waals surface area (Å²) >= 11 is 1.23. The number of thiazole rings is 1. The van der Waals surface area contributed by atoms with E-state index < -0.39 is 18.2 Å². The van der Waals surface area contributed by atoms with Crippen molar-refractivity contribution in [1.29, 1.82) is 0 Å². The standard InChI is InChI=1S/C14H22N6O3S/c15-14(16)18-3-1-2-9(11(22)13-17-4-5-24-13)20-12(23)10-6-8(21)7-19-10/h4-5,8-10,19,21H,1-3,6-7H2,(H,20,23)(H4,15,16,18). The Labute approximate surface area is 143 Å². The Morgan fingerprint density at radius 2 is 2.33 bits per heavy atom. The van der Waals surface area contributed by atoms with Crippen LogP contribution in [0.2, 0.25) is 0 Å². The van der Waals surface area contributed by atoms with Crippen molar-refractivity contribution in [3.8, 4) is 0 Å². The Morgan fingerprint density at radius 3 is 2.92 bits per heavy atom. The van der Waals surface area contributed by atoms with Crippen molar-refractivity contribution in [2.24, 2.45) is 16.5 Å². The van der Waals surface area contributed by atoms with Gasteiger partial charge >= 0.3 is 0 Å². The zero-order valence-corrected chi connectivity index (χ0v) is 14.0. The van der Waals surface area contributed by atoms with E-state index in [-0.39, 0.29) is 17.6 Å². The van der Waals surface area contributed by atoms with Crippen molar-refractivity contribution in [1.82, 2.24) is 15.6 Å². The van der Waals surface area contributed by atoms with E-state index in [1.54, 1.807) is 11.6 Å². The van der Waals surface area contributed by atoms with Crippen molar-refractivity contribution >= 4 is 29.0 Å². The highest BCUT2D eigenvalue weighted by Crippen LogP contribution is 2.13. The zero-order chi connectivity index (χ0) is 17.5. The number of nitrogens with zero attached hydrogens (tertiary/aromatic N) is 2. The molecule has 1 aliphatic rings. The van der Waals surface area contributed by atoms with Crippen LogP contribution in [0.15, 0.2) is 16.6 Å². The van der Waals surface area contributed by atoms with Crippen molar-refractivity contribution in [2.45, 2.75) is 37.5 Å². The van der Waals surface area contributed by atoms with Crippen LogP contribution in [-0.4, -0.2) is 59.0 Å². The van der Waals surface area contributed by atoms with E-state index in [0.29, 0.717) is 37.4 Å². The molecule has 3 unspecified atom stereocenters. The number of nitrogens with one attached hydrogen (secondary N) is 2. The first-order valence-corrected chi connectivity index (χ1v) is 8.56. The Balaban J connectivity index is 1.97. The Hall–Kier alpha value is -2.04. The Morgan fingerprint density at radius 1 is 1.54 bits per heavy atom. The number of carbonyl (C=O) groups is 2. The fourth-order valence-corrected chi connectivity index (χ4v) is 3.09. The lowest BCUT2D eigenvalue weighted by Gasteiger charge is -2.19. The molecule has 24 heavy (non-hydrogen) atoms. The highest BCUT2D eigenvalue weighted by molar-refractivity contribution is 7.11. The molecule has 0 aromatic carbocycles. The largest absolute Gasteiger partial charge is 0.392 e. The maximum absolute atomic E-state index is 12.5. The van der Waals surface area contributed by atoms with Gasteiger partial charge in [-0.3, -0.25) is 14.6 Å². The third-order valence-electron chi connectivity index (χ3n) is 3.65. The number of aromatic nitrogens is 1. The molecule has 1 fully saturated rings. The summed E-state index contributed by atoms with van der Waals surface area (Å²) in [6, 6.07) is -1.19. The number of β-amino-alcohol motifs (C(OH)–C–C–N with tert-alkyl or cyclic N) is 1. The summed E-state index contributed by atoms with van der Waals surface area (Å²) in [4.78, 5) is 32.7. The lowest BCUT2D eigenvalue weighted by atomic mass is 10.1. The molecule has 9 nitrogen and oxygen atoms in total. The second kappa shape index (κ2) is 8.71. The molecule has 2 rings (SSSR count). The number of rotatable bonds is 8. The van der Waals surface area contributed by atoms with Crippen molar-refractivity contribution in [3.05, 3.63) is 16.6 Å². The van der Waals surface area contributed by atoms with E-state index in [0.717, 1.165) is 0 Å². The minimum absolute atomic E-state index is 0.00835. The van der Waals surface area contributed by atoms with Gasteiger partial charge in [-0.05, 0) is 19.3 Å². The first-order valence-electron chi connectivity index (χ1n) is 7.68. The molecule has 2 heterocycles. The topological polar surface area (TPSA) is 156 Å². The van der Waals surface area contributed by atoms with E-state index in [9.17, 15) is 14.7 Å². The van der Waals surface area contributed by atoms with Gasteiger partial charge in [0.15, 0.2) is 11.0 Å². The van der Waals surface area contributed by atoms with Gasteiger partial charge in [0.25, 0.3) is 0 Å². The maximum atomic E-state index is 12.5. The summed E-state index contributed by atoms with van der Waals surface area (Å²) in [5.74, 6) is -0.545. The molecule has 132 valence electrons. The molecule has 1 aromatic heterocycles. The molecule has 1 aliphatic heterocycles. The molecule has 0 saturated carbocycles. The van der Waals surface area contributed by atoms with Crippen molar-refractivity contribution in [2.75, 3.05) is 13.1 Å². The zero-order valence-electron chi connectivity index (χ0n) is 13.1. The van der Waals surface area contributed by atoms with Gasteiger partial charge in [-0.25, -0.2) is 4.98 Å². The van der Waals surface area contributed by atoms with Gasteiger partial charge in [0.2, 0.25) is 11.7 Å². The van der Waals surface area contributed by atoms with Gasteiger partial charge in [0, 0.05) is 24.7 Å². The molecular formula is C14H22N6O3S. The number of Topliss-reactive ketones (excluding diaryl/α,β-unsaturated/α-hetero) is 1. The third-order valence-corrected chi connectivity index (χ3v) is 4.43. The number of ketones is 1. The lowest BCUT2D eigenvalue weighted by molar-refractivity contribution is -0.123. The van der Waals surface area contributed by atoms with Crippen LogP contribution in [0.25, 0.3) is 0 Å². The Kier molecular flexibility index (Phi) is 6.64. The van der Waals surface area contributed by atoms with Crippen LogP contribution in [0.1, 0.15) is 29.1 Å². The SMILES string of the molecule is NC(N)=NCCCC(NC(=O)C1CC(O)CN1)C(=O)c1nccs1. The molecule has 10 heteroatoms. The minimum atomic E-state index is -0.697. The average Bonchev–Trinajstić information content (AvgIpc) is 3.20. The molecule has 7 N–H and O–H groups in total. The molecule has 1 saturated heterocycles. The second-order valence-electron chi connectivity index (χ2n) is 5.56. The number of aliphatic hydroxyl groups is 1. The highest BCUT2D eigenvalue weighted by Gasteiger charge is 2.31. The van der Waals surface area contributed by atoms with E-state index >= 15 is 0 Å². The normalized spacial score (nSPS) is 21.2. The molecule has 1 amide bonds. The van der Waals surface area contributed by atoms with E-state index in [4.69, 9.17) is 11.5 Å². The summed E-state index contributed by atoms with van der Waals surface area (Å²) < 4.78 is 0. The van der Waals surface area contributed by atoms with Crippen molar-refractivity contribution < 1.29 is 14.7 Å². The van der Waals surface area contributed by atoms with Gasteiger partial charge in [-0.2, -0.15) is 0 Å². The molecule has 0 spiro atoms. The lowest BCUT2D eigenvalue weighted by Crippen LogP contribution is -2.48. The number of carbonyl (C=O) groups excluding carboxylic acids is 2. The Bertz CT molecular complexity index is 587. The first-order chi connectivity index (χ1) is 11.5. The van der Waals surface area contributed by atoms with Gasteiger partial charge < -0.3 is 27.2 Å². The highest BCUT2D eigenvalue weighted by atomic mass is 32.1. The molecule has 1 aromatic rings. The summed E-state index contributed by atoms with van der Waals surface area (Å²) in [5, 5.41) is 17.2. The van der Waals surface area contributed by atoms with Crippen LogP contribution in [0, 0.1) is 0 Å². The number of amides is 1. The summed E-state index contributed by atoms with van der Waals surface area (Å²) in [7, 11) is 0. The summed E-state index contributed by atoms with van der Waals surface area (Å²) in [6.45, 7) is 0.744. The third kappa shape index (κ3) is 5.25. The van der Waals surface area contributed by atoms with Gasteiger partial charge in [0.1, 0.15) is 0 Å². The van der Waals surface area contributed by atoms with Gasteiger partial charge in [0.05, 0.1) is 18.2 Å². The number of guanidine groups is 1. The number of hydrogen-bond donors (Lipinski definition) is 5. The number of aliphatic hydroxyl groups excluding tert-OH is 1. The monoisotopic (exact) mass is 354 g/mol. The number of nitrogens with two attached hydrogens (primary N) is 2. The quantitative estimate of drug-likeness (QED) is 0.166. The fourth-order valence-electron chi connectivity index (χ4n) is 2.46. The predicted octanol–water partition coefficient (Wildman–Crippen LogP) is -1.41. The molecule has 3 atom stereocenters. The number of aliphatic imine (C=N–C) groups is 1. The van der Waals surface area contributed by atoms with E-state index in [1.165, 1.54) is 11.3 Å². The van der Waals surface area contributed by atoms with Crippen LogP contribution in [0.4, 0.5) is 0 Å². The molecule has 0 radical (unpaired) electrons. The smallest absolute Gasteiger partial charge is 0.237 e. The summed E-state index contributed by atoms with van der Waals surface area (Å²) in [6.07, 6.45) is 2.27.